The third kappa shape index (κ3) is 2.08. The van der Waals surface area contributed by atoms with E-state index in [4.69, 9.17) is 0 Å². The maximum Gasteiger partial charge on any atom is 0.133 e. The molecule has 136 valence electrons. The van der Waals surface area contributed by atoms with Gasteiger partial charge in [0.2, 0.25) is 0 Å². The van der Waals surface area contributed by atoms with Crippen LogP contribution >= 0.6 is 0 Å². The summed E-state index contributed by atoms with van der Waals surface area (Å²) in [7, 11) is 0. The Morgan fingerprint density at radius 3 is 2.33 bits per heavy atom. The molecule has 0 aromatic carbocycles. The molecule has 0 heterocycles. The van der Waals surface area contributed by atoms with Gasteiger partial charge in [0.1, 0.15) is 5.78 Å². The first-order valence-corrected chi connectivity index (χ1v) is 10.7. The molecule has 0 radical (unpaired) electrons. The van der Waals surface area contributed by atoms with Gasteiger partial charge in [0.15, 0.2) is 0 Å². The summed E-state index contributed by atoms with van der Waals surface area (Å²) in [6, 6.07) is 0. The summed E-state index contributed by atoms with van der Waals surface area (Å²) in [6.45, 7) is 12.1. The SMILES string of the molecule is CC(=O)[C@H]1CCC2C3CC[C@@]4(C)C[C@@H](C)CC[C@]4(C)C3CC[C@@]21C. The maximum atomic E-state index is 12.2. The molecule has 4 aliphatic carbocycles. The maximum absolute atomic E-state index is 12.2. The molecule has 0 N–H and O–H groups in total. The summed E-state index contributed by atoms with van der Waals surface area (Å²) in [5.41, 5.74) is 1.44. The minimum atomic E-state index is 0.319. The van der Waals surface area contributed by atoms with Crippen LogP contribution < -0.4 is 0 Å². The lowest BCUT2D eigenvalue weighted by Crippen LogP contribution is -2.57. The molecule has 0 aliphatic heterocycles. The lowest BCUT2D eigenvalue weighted by molar-refractivity contribution is -0.162. The third-order valence-electron chi connectivity index (χ3n) is 10.1. The van der Waals surface area contributed by atoms with Gasteiger partial charge in [-0.1, -0.05) is 34.1 Å². The summed E-state index contributed by atoms with van der Waals surface area (Å²) in [4.78, 5) is 12.2. The van der Waals surface area contributed by atoms with E-state index < -0.39 is 0 Å². The average Bonchev–Trinajstić information content (AvgIpc) is 2.86. The minimum Gasteiger partial charge on any atom is -0.300 e. The van der Waals surface area contributed by atoms with Crippen LogP contribution in [0.3, 0.4) is 0 Å². The first kappa shape index (κ1) is 17.1. The molecule has 4 aliphatic rings. The first-order valence-electron chi connectivity index (χ1n) is 10.7. The molecule has 3 unspecified atom stereocenters. The van der Waals surface area contributed by atoms with Crippen LogP contribution in [0.4, 0.5) is 0 Å². The quantitative estimate of drug-likeness (QED) is 0.554. The summed E-state index contributed by atoms with van der Waals surface area (Å²) < 4.78 is 0. The van der Waals surface area contributed by atoms with E-state index in [2.05, 4.69) is 27.7 Å². The van der Waals surface area contributed by atoms with Crippen molar-refractivity contribution in [2.45, 2.75) is 92.4 Å². The van der Waals surface area contributed by atoms with E-state index in [1.807, 2.05) is 6.92 Å². The Hall–Kier alpha value is -0.330. The second-order valence-electron chi connectivity index (χ2n) is 11.0. The zero-order chi connectivity index (χ0) is 17.3. The molecule has 0 amide bonds. The third-order valence-corrected chi connectivity index (χ3v) is 10.1. The van der Waals surface area contributed by atoms with Crippen molar-refractivity contribution in [2.75, 3.05) is 0 Å². The van der Waals surface area contributed by atoms with Gasteiger partial charge in [0.05, 0.1) is 0 Å². The zero-order valence-electron chi connectivity index (χ0n) is 16.7. The second kappa shape index (κ2) is 5.34. The fourth-order valence-electron chi connectivity index (χ4n) is 8.61. The van der Waals surface area contributed by atoms with Crippen LogP contribution in [-0.4, -0.2) is 5.78 Å². The van der Waals surface area contributed by atoms with Gasteiger partial charge in [-0.05, 0) is 98.2 Å². The number of carbonyl (C=O) groups is 1. The number of ketones is 1. The van der Waals surface area contributed by atoms with E-state index >= 15 is 0 Å². The topological polar surface area (TPSA) is 17.1 Å². The lowest BCUT2D eigenvalue weighted by Gasteiger charge is -2.65. The highest BCUT2D eigenvalue weighted by Crippen LogP contribution is 2.71. The van der Waals surface area contributed by atoms with Crippen LogP contribution in [0.15, 0.2) is 0 Å². The second-order valence-corrected chi connectivity index (χ2v) is 11.0. The van der Waals surface area contributed by atoms with E-state index in [0.717, 1.165) is 23.7 Å². The number of fused-ring (bicyclic) bond motifs is 5. The average molecular weight is 331 g/mol. The Kier molecular flexibility index (Phi) is 3.80. The van der Waals surface area contributed by atoms with E-state index in [1.165, 1.54) is 57.8 Å². The van der Waals surface area contributed by atoms with Crippen LogP contribution in [0, 0.1) is 45.8 Å². The van der Waals surface area contributed by atoms with E-state index in [9.17, 15) is 4.79 Å². The summed E-state index contributed by atoms with van der Waals surface area (Å²) >= 11 is 0. The van der Waals surface area contributed by atoms with Crippen molar-refractivity contribution >= 4 is 5.78 Å². The van der Waals surface area contributed by atoms with Crippen molar-refractivity contribution in [1.29, 1.82) is 0 Å². The van der Waals surface area contributed by atoms with Crippen LogP contribution in [0.2, 0.25) is 0 Å². The summed E-state index contributed by atoms with van der Waals surface area (Å²) in [6.07, 6.45) is 12.4. The van der Waals surface area contributed by atoms with Crippen LogP contribution in [0.1, 0.15) is 92.4 Å². The summed E-state index contributed by atoms with van der Waals surface area (Å²) in [5, 5.41) is 0. The Balaban J connectivity index is 1.65. The van der Waals surface area contributed by atoms with Crippen molar-refractivity contribution in [3.05, 3.63) is 0 Å². The Labute approximate surface area is 149 Å². The molecule has 1 heteroatoms. The molecular weight excluding hydrogens is 292 g/mol. The van der Waals surface area contributed by atoms with Crippen LogP contribution in [-0.2, 0) is 4.79 Å². The molecular formula is C23H38O. The first-order chi connectivity index (χ1) is 11.2. The molecule has 4 saturated carbocycles. The van der Waals surface area contributed by atoms with Gasteiger partial charge in [0.25, 0.3) is 0 Å². The standard InChI is InChI=1S/C23H38O/c1-15-8-13-23(5)20-10-12-22(4)18(16(2)24)6-7-19(22)17(20)9-11-21(23,3)14-15/h15,17-20H,6-14H2,1-5H3/t15-,17?,18+,19?,20?,21-,22+,23+/m0/s1. The highest BCUT2D eigenvalue weighted by atomic mass is 16.1. The molecule has 0 bridgehead atoms. The van der Waals surface area contributed by atoms with Gasteiger partial charge in [-0.25, -0.2) is 0 Å². The smallest absolute Gasteiger partial charge is 0.133 e. The molecule has 1 nitrogen and oxygen atoms in total. The number of hydrogen-bond donors (Lipinski definition) is 0. The molecule has 24 heavy (non-hydrogen) atoms. The van der Waals surface area contributed by atoms with Crippen LogP contribution in [0.25, 0.3) is 0 Å². The molecule has 4 fully saturated rings. The van der Waals surface area contributed by atoms with Gasteiger partial charge >= 0.3 is 0 Å². The van der Waals surface area contributed by atoms with E-state index in [-0.39, 0.29) is 0 Å². The number of rotatable bonds is 1. The van der Waals surface area contributed by atoms with Crippen molar-refractivity contribution in [3.63, 3.8) is 0 Å². The molecule has 0 saturated heterocycles. The molecule has 8 atom stereocenters. The van der Waals surface area contributed by atoms with E-state index in [1.54, 1.807) is 0 Å². The van der Waals surface area contributed by atoms with Crippen molar-refractivity contribution in [1.82, 2.24) is 0 Å². The Bertz CT molecular complexity index is 538. The molecule has 0 spiro atoms. The highest BCUT2D eigenvalue weighted by Gasteiger charge is 2.63. The van der Waals surface area contributed by atoms with Crippen molar-refractivity contribution in [3.8, 4) is 0 Å². The summed E-state index contributed by atoms with van der Waals surface area (Å²) in [5.74, 6) is 4.40. The predicted molar refractivity (Wildman–Crippen MR) is 99.7 cm³/mol. The molecule has 4 rings (SSSR count). The zero-order valence-corrected chi connectivity index (χ0v) is 16.7. The fourth-order valence-corrected chi connectivity index (χ4v) is 8.61. The van der Waals surface area contributed by atoms with Gasteiger partial charge in [-0.3, -0.25) is 4.79 Å². The van der Waals surface area contributed by atoms with Gasteiger partial charge in [-0.15, -0.1) is 0 Å². The minimum absolute atomic E-state index is 0.319. The van der Waals surface area contributed by atoms with Crippen molar-refractivity contribution in [2.24, 2.45) is 45.8 Å². The lowest BCUT2D eigenvalue weighted by atomic mass is 9.40. The normalized spacial score (nSPS) is 57.0. The molecule has 0 aromatic rings. The number of Topliss-reactive ketones (excluding diaryl/α,β-unsaturated/α-hetero) is 1. The van der Waals surface area contributed by atoms with Crippen LogP contribution in [0.5, 0.6) is 0 Å². The fraction of sp³-hybridized carbons (Fsp3) is 0.957. The Morgan fingerprint density at radius 1 is 0.875 bits per heavy atom. The predicted octanol–water partition coefficient (Wildman–Crippen LogP) is 6.26. The van der Waals surface area contributed by atoms with E-state index in [0.29, 0.717) is 27.9 Å². The van der Waals surface area contributed by atoms with Crippen molar-refractivity contribution < 1.29 is 4.79 Å². The van der Waals surface area contributed by atoms with Gasteiger partial charge < -0.3 is 0 Å². The van der Waals surface area contributed by atoms with Gasteiger partial charge in [-0.2, -0.15) is 0 Å². The largest absolute Gasteiger partial charge is 0.300 e. The van der Waals surface area contributed by atoms with Gasteiger partial charge in [0, 0.05) is 5.92 Å². The number of hydrogen-bond acceptors (Lipinski definition) is 1. The number of carbonyl (C=O) groups excluding carboxylic acids is 1. The monoisotopic (exact) mass is 330 g/mol. The highest BCUT2D eigenvalue weighted by molar-refractivity contribution is 5.79. The Morgan fingerprint density at radius 2 is 1.62 bits per heavy atom. The molecule has 0 aromatic heterocycles.